The van der Waals surface area contributed by atoms with Gasteiger partial charge in [-0.2, -0.15) is 0 Å². The zero-order chi connectivity index (χ0) is 40.0. The molecule has 1 aliphatic heterocycles. The topological polar surface area (TPSA) is 17.4 Å². The van der Waals surface area contributed by atoms with E-state index in [0.717, 1.165) is 50.9 Å². The predicted octanol–water partition coefficient (Wildman–Crippen LogP) is 16.3. The van der Waals surface area contributed by atoms with Gasteiger partial charge in [0.2, 0.25) is 0 Å². The van der Waals surface area contributed by atoms with Gasteiger partial charge in [0.25, 0.3) is 0 Å². The minimum absolute atomic E-state index is 0.873. The molecule has 284 valence electrons. The van der Waals surface area contributed by atoms with Crippen LogP contribution in [0.25, 0.3) is 92.8 Å². The van der Waals surface area contributed by atoms with Crippen LogP contribution in [0.2, 0.25) is 0 Å². The van der Waals surface area contributed by atoms with E-state index in [1.54, 1.807) is 0 Å². The molecule has 0 atom stereocenters. The maximum absolute atomic E-state index is 6.41. The van der Waals surface area contributed by atoms with E-state index in [2.05, 4.69) is 216 Å². The molecule has 11 aromatic carbocycles. The molecule has 1 aromatic heterocycles. The van der Waals surface area contributed by atoms with Crippen LogP contribution in [0.1, 0.15) is 0 Å². The highest BCUT2D eigenvalue weighted by molar-refractivity contribution is 6.13. The van der Waals surface area contributed by atoms with Gasteiger partial charge in [-0.15, -0.1) is 0 Å². The molecule has 0 aliphatic carbocycles. The quantitative estimate of drug-likeness (QED) is 0.162. The van der Waals surface area contributed by atoms with E-state index >= 15 is 0 Å². The van der Waals surface area contributed by atoms with Crippen LogP contribution in [0.4, 0.5) is 17.1 Å². The van der Waals surface area contributed by atoms with Gasteiger partial charge in [-0.1, -0.05) is 146 Å². The number of fused-ring (bicyclic) bond motifs is 11. The average molecular weight is 777 g/mol. The fraction of sp³-hybridized carbons (Fsp3) is 0. The van der Waals surface area contributed by atoms with E-state index in [-0.39, 0.29) is 0 Å². The highest BCUT2D eigenvalue weighted by atomic mass is 16.5. The summed E-state index contributed by atoms with van der Waals surface area (Å²) in [5, 5.41) is 12.4. The molecule has 13 rings (SSSR count). The van der Waals surface area contributed by atoms with Crippen LogP contribution < -0.4 is 9.64 Å². The van der Waals surface area contributed by atoms with Gasteiger partial charge in [0, 0.05) is 27.8 Å². The number of aromatic nitrogens is 1. The lowest BCUT2D eigenvalue weighted by Crippen LogP contribution is -2.10. The van der Waals surface area contributed by atoms with Crippen LogP contribution in [-0.2, 0) is 0 Å². The lowest BCUT2D eigenvalue weighted by molar-refractivity contribution is 0.476. The fourth-order valence-electron chi connectivity index (χ4n) is 9.80. The zero-order valence-corrected chi connectivity index (χ0v) is 33.1. The van der Waals surface area contributed by atoms with Crippen molar-refractivity contribution in [2.45, 2.75) is 0 Å². The third-order valence-corrected chi connectivity index (χ3v) is 12.7. The van der Waals surface area contributed by atoms with Crippen molar-refractivity contribution in [1.82, 2.24) is 4.57 Å². The number of anilines is 3. The molecule has 0 saturated carbocycles. The van der Waals surface area contributed by atoms with Gasteiger partial charge in [0.15, 0.2) is 11.5 Å². The second kappa shape index (κ2) is 13.2. The highest BCUT2D eigenvalue weighted by Gasteiger charge is 2.24. The molecule has 1 aliphatic rings. The molecule has 0 spiro atoms. The van der Waals surface area contributed by atoms with Crippen molar-refractivity contribution in [1.29, 1.82) is 0 Å². The van der Waals surface area contributed by atoms with E-state index in [9.17, 15) is 0 Å². The Morgan fingerprint density at radius 1 is 0.311 bits per heavy atom. The number of hydrogen-bond acceptors (Lipinski definition) is 2. The Bertz CT molecular complexity index is 3750. The van der Waals surface area contributed by atoms with E-state index < -0.39 is 0 Å². The monoisotopic (exact) mass is 776 g/mol. The number of ether oxygens (including phenoxy) is 1. The predicted molar refractivity (Wildman–Crippen MR) is 256 cm³/mol. The Kier molecular flexibility index (Phi) is 7.31. The van der Waals surface area contributed by atoms with Crippen molar-refractivity contribution in [3.63, 3.8) is 0 Å². The van der Waals surface area contributed by atoms with Crippen molar-refractivity contribution >= 4 is 82.0 Å². The third-order valence-electron chi connectivity index (χ3n) is 12.7. The van der Waals surface area contributed by atoms with Gasteiger partial charge < -0.3 is 14.2 Å². The molecule has 0 radical (unpaired) electrons. The average Bonchev–Trinajstić information content (AvgIpc) is 3.66. The summed E-state index contributed by atoms with van der Waals surface area (Å²) in [5.41, 5.74) is 11.3. The molecule has 3 nitrogen and oxygen atoms in total. The molecular formula is C58H36N2O. The van der Waals surface area contributed by atoms with E-state index in [0.29, 0.717) is 0 Å². The smallest absolute Gasteiger partial charge is 0.152 e. The molecule has 0 unspecified atom stereocenters. The number of rotatable bonds is 5. The molecule has 61 heavy (non-hydrogen) atoms. The van der Waals surface area contributed by atoms with Crippen LogP contribution >= 0.6 is 0 Å². The summed E-state index contributed by atoms with van der Waals surface area (Å²) in [4.78, 5) is 2.39. The van der Waals surface area contributed by atoms with Crippen molar-refractivity contribution in [2.75, 3.05) is 4.90 Å². The van der Waals surface area contributed by atoms with Crippen LogP contribution in [-0.4, -0.2) is 4.57 Å². The van der Waals surface area contributed by atoms with Crippen LogP contribution in [0.5, 0.6) is 11.5 Å². The second-order valence-electron chi connectivity index (χ2n) is 16.1. The maximum atomic E-state index is 6.41. The summed E-state index contributed by atoms with van der Waals surface area (Å²) < 4.78 is 8.76. The molecular weight excluding hydrogens is 741 g/mol. The van der Waals surface area contributed by atoms with Crippen LogP contribution in [0, 0.1) is 0 Å². The molecule has 2 heterocycles. The van der Waals surface area contributed by atoms with Gasteiger partial charge in [0.05, 0.1) is 16.7 Å². The first-order valence-corrected chi connectivity index (χ1v) is 20.9. The van der Waals surface area contributed by atoms with Crippen molar-refractivity contribution in [2.24, 2.45) is 0 Å². The fourth-order valence-corrected chi connectivity index (χ4v) is 9.80. The summed E-state index contributed by atoms with van der Waals surface area (Å²) in [7, 11) is 0. The molecule has 0 N–H and O–H groups in total. The molecule has 0 saturated heterocycles. The Morgan fingerprint density at radius 2 is 0.869 bits per heavy atom. The number of nitrogens with zero attached hydrogens (tertiary/aromatic N) is 2. The standard InChI is InChI=1S/C58H36N2O/c1-3-13-48-38(9-1)19-21-43-33-41(25-30-50(43)48)37-23-27-45(28-24-37)59(47-29-31-51-44(35-47)22-20-39-10-2-4-14-49(39)51)46-12-7-11-40(34-46)42-26-32-54-53(36-42)52-15-8-18-57-58(52)60(54)55-16-5-6-17-56(55)61-57/h1-36H. The Morgan fingerprint density at radius 3 is 1.69 bits per heavy atom. The van der Waals surface area contributed by atoms with E-state index in [1.165, 1.54) is 70.5 Å². The first kappa shape index (κ1) is 33.8. The van der Waals surface area contributed by atoms with Gasteiger partial charge >= 0.3 is 0 Å². The zero-order valence-electron chi connectivity index (χ0n) is 33.1. The van der Waals surface area contributed by atoms with E-state index in [4.69, 9.17) is 4.74 Å². The van der Waals surface area contributed by atoms with Crippen molar-refractivity contribution < 1.29 is 4.74 Å². The minimum Gasteiger partial charge on any atom is -0.453 e. The van der Waals surface area contributed by atoms with E-state index in [1.807, 2.05) is 12.1 Å². The Labute approximate surface area is 352 Å². The third kappa shape index (κ3) is 5.31. The Balaban J connectivity index is 0.937. The number of para-hydroxylation sites is 3. The summed E-state index contributed by atoms with van der Waals surface area (Å²) in [5.74, 6) is 1.76. The highest BCUT2D eigenvalue weighted by Crippen LogP contribution is 2.46. The van der Waals surface area contributed by atoms with Gasteiger partial charge in [-0.3, -0.25) is 0 Å². The lowest BCUT2D eigenvalue weighted by atomic mass is 9.97. The first-order valence-electron chi connectivity index (χ1n) is 20.9. The molecule has 0 bridgehead atoms. The van der Waals surface area contributed by atoms with Gasteiger partial charge in [-0.25, -0.2) is 0 Å². The number of hydrogen-bond donors (Lipinski definition) is 0. The molecule has 3 heteroatoms. The van der Waals surface area contributed by atoms with Crippen LogP contribution in [0.15, 0.2) is 218 Å². The van der Waals surface area contributed by atoms with Crippen LogP contribution in [0.3, 0.4) is 0 Å². The van der Waals surface area contributed by atoms with Crippen molar-refractivity contribution in [3.8, 4) is 39.4 Å². The summed E-state index contributed by atoms with van der Waals surface area (Å²) in [6.07, 6.45) is 0. The largest absolute Gasteiger partial charge is 0.453 e. The second-order valence-corrected chi connectivity index (χ2v) is 16.1. The first-order chi connectivity index (χ1) is 30.2. The summed E-state index contributed by atoms with van der Waals surface area (Å²) >= 11 is 0. The van der Waals surface area contributed by atoms with Gasteiger partial charge in [0.1, 0.15) is 0 Å². The normalized spacial score (nSPS) is 12.1. The SMILES string of the molecule is c1cc(-c2ccc3c(c2)c2cccc4c2n3-c2ccccc2O4)cc(N(c2ccc(-c3ccc4c(ccc5ccccc54)c3)cc2)c2ccc3c(ccc4ccccc43)c2)c1. The summed E-state index contributed by atoms with van der Waals surface area (Å²) in [6.45, 7) is 0. The Hall–Kier alpha value is -8.14. The summed E-state index contributed by atoms with van der Waals surface area (Å²) in [6, 6.07) is 79.5. The molecule has 0 fully saturated rings. The minimum atomic E-state index is 0.873. The van der Waals surface area contributed by atoms with Gasteiger partial charge in [-0.05, 0) is 138 Å². The van der Waals surface area contributed by atoms with Crippen molar-refractivity contribution in [3.05, 3.63) is 218 Å². The molecule has 12 aromatic rings. The lowest BCUT2D eigenvalue weighted by Gasteiger charge is -2.27. The maximum Gasteiger partial charge on any atom is 0.152 e. The molecule has 0 amide bonds. The number of benzene rings is 11.